The van der Waals surface area contributed by atoms with E-state index in [-0.39, 0.29) is 0 Å². The highest BCUT2D eigenvalue weighted by Gasteiger charge is 2.28. The van der Waals surface area contributed by atoms with E-state index < -0.39 is 12.3 Å². The van der Waals surface area contributed by atoms with Crippen molar-refractivity contribution in [2.75, 3.05) is 11.9 Å². The number of amides is 1. The number of halogens is 1. The Kier molecular flexibility index (Phi) is 5.48. The van der Waals surface area contributed by atoms with Gasteiger partial charge in [-0.15, -0.1) is 0 Å². The number of piperidine rings is 1. The third-order valence-corrected chi connectivity index (χ3v) is 4.83. The third-order valence-electron chi connectivity index (χ3n) is 4.58. The van der Waals surface area contributed by atoms with E-state index in [0.717, 1.165) is 24.1 Å². The van der Waals surface area contributed by atoms with E-state index in [1.807, 2.05) is 30.3 Å². The number of hydrogen-bond donors (Lipinski definition) is 3. The molecule has 4 rings (SSSR count). The SMILES string of the molecule is O=C(O)N1CCCCC1Oc1cc(Nc2cc(-c3ccc(Cl)cc3)[nH]n2)ncn1. The number of anilines is 2. The molecular formula is C19H19ClN6O3. The zero-order valence-electron chi connectivity index (χ0n) is 15.4. The normalized spacial score (nSPS) is 16.4. The fourth-order valence-corrected chi connectivity index (χ4v) is 3.27. The van der Waals surface area contributed by atoms with Crippen molar-refractivity contribution in [3.05, 3.63) is 47.7 Å². The van der Waals surface area contributed by atoms with Gasteiger partial charge in [0.25, 0.3) is 0 Å². The molecule has 1 aromatic carbocycles. The van der Waals surface area contributed by atoms with Crippen molar-refractivity contribution in [1.82, 2.24) is 25.1 Å². The van der Waals surface area contributed by atoms with Gasteiger partial charge < -0.3 is 15.2 Å². The number of carbonyl (C=O) groups is 1. The highest BCUT2D eigenvalue weighted by atomic mass is 35.5. The van der Waals surface area contributed by atoms with E-state index in [9.17, 15) is 9.90 Å². The summed E-state index contributed by atoms with van der Waals surface area (Å²) < 4.78 is 5.81. The zero-order valence-corrected chi connectivity index (χ0v) is 16.1. The van der Waals surface area contributed by atoms with E-state index in [2.05, 4.69) is 25.5 Å². The number of hydrogen-bond acceptors (Lipinski definition) is 6. The van der Waals surface area contributed by atoms with Gasteiger partial charge in [-0.2, -0.15) is 5.10 Å². The Morgan fingerprint density at radius 2 is 2.03 bits per heavy atom. The molecular weight excluding hydrogens is 396 g/mol. The highest BCUT2D eigenvalue weighted by Crippen LogP contribution is 2.25. The van der Waals surface area contributed by atoms with Crippen LogP contribution in [0.4, 0.5) is 16.4 Å². The van der Waals surface area contributed by atoms with Crippen LogP contribution in [0, 0.1) is 0 Å². The van der Waals surface area contributed by atoms with Gasteiger partial charge in [0.05, 0.1) is 5.69 Å². The Morgan fingerprint density at radius 1 is 1.21 bits per heavy atom. The lowest BCUT2D eigenvalue weighted by atomic mass is 10.1. The number of ether oxygens (including phenoxy) is 1. The minimum absolute atomic E-state index is 0.300. The maximum atomic E-state index is 11.4. The lowest BCUT2D eigenvalue weighted by molar-refractivity contribution is 0.00335. The average Bonchev–Trinajstić information content (AvgIpc) is 3.17. The molecule has 0 aliphatic carbocycles. The quantitative estimate of drug-likeness (QED) is 0.574. The topological polar surface area (TPSA) is 116 Å². The molecule has 0 radical (unpaired) electrons. The monoisotopic (exact) mass is 414 g/mol. The molecule has 1 aliphatic heterocycles. The first kappa shape index (κ1) is 19.0. The molecule has 2 aromatic heterocycles. The molecule has 0 bridgehead atoms. The number of rotatable bonds is 5. The van der Waals surface area contributed by atoms with Crippen molar-refractivity contribution in [1.29, 1.82) is 0 Å². The molecule has 9 nitrogen and oxygen atoms in total. The number of nitrogens with one attached hydrogen (secondary N) is 2. The van der Waals surface area contributed by atoms with Gasteiger partial charge in [0.15, 0.2) is 12.0 Å². The first-order valence-electron chi connectivity index (χ1n) is 9.15. The molecule has 1 unspecified atom stereocenters. The highest BCUT2D eigenvalue weighted by molar-refractivity contribution is 6.30. The van der Waals surface area contributed by atoms with Crippen molar-refractivity contribution in [2.45, 2.75) is 25.5 Å². The second kappa shape index (κ2) is 8.36. The molecule has 150 valence electrons. The second-order valence-corrected chi connectivity index (χ2v) is 7.02. The van der Waals surface area contributed by atoms with Crippen LogP contribution >= 0.6 is 11.6 Å². The number of aromatic amines is 1. The van der Waals surface area contributed by atoms with E-state index in [1.54, 1.807) is 6.07 Å². The molecule has 1 atom stereocenters. The van der Waals surface area contributed by atoms with Crippen molar-refractivity contribution in [2.24, 2.45) is 0 Å². The number of nitrogens with zero attached hydrogens (tertiary/aromatic N) is 4. The van der Waals surface area contributed by atoms with Crippen molar-refractivity contribution < 1.29 is 14.6 Å². The summed E-state index contributed by atoms with van der Waals surface area (Å²) in [7, 11) is 0. The molecule has 1 amide bonds. The summed E-state index contributed by atoms with van der Waals surface area (Å²) in [6.45, 7) is 0.455. The Bertz CT molecular complexity index is 994. The summed E-state index contributed by atoms with van der Waals surface area (Å²) in [5.74, 6) is 1.36. The summed E-state index contributed by atoms with van der Waals surface area (Å²) in [6.07, 6.45) is 2.18. The van der Waals surface area contributed by atoms with E-state index in [0.29, 0.717) is 35.5 Å². The summed E-state index contributed by atoms with van der Waals surface area (Å²) in [6, 6.07) is 10.9. The molecule has 0 spiro atoms. The number of H-pyrrole nitrogens is 1. The van der Waals surface area contributed by atoms with Gasteiger partial charge in [0.1, 0.15) is 12.1 Å². The molecule has 29 heavy (non-hydrogen) atoms. The molecule has 1 saturated heterocycles. The van der Waals surface area contributed by atoms with Crippen LogP contribution in [0.2, 0.25) is 5.02 Å². The summed E-state index contributed by atoms with van der Waals surface area (Å²) in [5.41, 5.74) is 1.78. The van der Waals surface area contributed by atoms with Crippen molar-refractivity contribution in [3.8, 4) is 17.1 Å². The van der Waals surface area contributed by atoms with Crippen LogP contribution in [-0.2, 0) is 0 Å². The third kappa shape index (κ3) is 4.57. The number of likely N-dealkylation sites (tertiary alicyclic amines) is 1. The standard InChI is InChI=1S/C19H19ClN6O3/c20-13-6-4-12(5-7-13)14-9-16(25-24-14)23-15-10-17(22-11-21-15)29-18-3-1-2-8-26(18)19(27)28/h4-7,9-11,18H,1-3,8H2,(H,27,28)(H2,21,22,23,24,25). The van der Waals surface area contributed by atoms with Gasteiger partial charge in [0.2, 0.25) is 5.88 Å². The summed E-state index contributed by atoms with van der Waals surface area (Å²) in [5, 5.41) is 20.3. The second-order valence-electron chi connectivity index (χ2n) is 6.58. The van der Waals surface area contributed by atoms with Gasteiger partial charge in [-0.3, -0.25) is 10.00 Å². The smallest absolute Gasteiger partial charge is 0.410 e. The van der Waals surface area contributed by atoms with Crippen LogP contribution in [0.15, 0.2) is 42.7 Å². The lowest BCUT2D eigenvalue weighted by Crippen LogP contribution is -2.46. The first-order valence-corrected chi connectivity index (χ1v) is 9.53. The fourth-order valence-electron chi connectivity index (χ4n) is 3.15. The predicted octanol–water partition coefficient (Wildman–Crippen LogP) is 4.13. The van der Waals surface area contributed by atoms with E-state index >= 15 is 0 Å². The molecule has 3 heterocycles. The van der Waals surface area contributed by atoms with Gasteiger partial charge >= 0.3 is 6.09 Å². The minimum atomic E-state index is -0.992. The van der Waals surface area contributed by atoms with Gasteiger partial charge in [-0.25, -0.2) is 14.8 Å². The van der Waals surface area contributed by atoms with Gasteiger partial charge in [0, 0.05) is 30.1 Å². The molecule has 0 saturated carbocycles. The Labute approximate surface area is 171 Å². The molecule has 3 aromatic rings. The van der Waals surface area contributed by atoms with Crippen LogP contribution in [0.3, 0.4) is 0 Å². The Morgan fingerprint density at radius 3 is 2.83 bits per heavy atom. The minimum Gasteiger partial charge on any atom is -0.465 e. The lowest BCUT2D eigenvalue weighted by Gasteiger charge is -2.32. The largest absolute Gasteiger partial charge is 0.465 e. The molecule has 3 N–H and O–H groups in total. The zero-order chi connectivity index (χ0) is 20.2. The number of aromatic nitrogens is 4. The van der Waals surface area contributed by atoms with Crippen LogP contribution < -0.4 is 10.1 Å². The van der Waals surface area contributed by atoms with Crippen molar-refractivity contribution >= 4 is 29.3 Å². The number of benzene rings is 1. The first-order chi connectivity index (χ1) is 14.1. The predicted molar refractivity (Wildman–Crippen MR) is 107 cm³/mol. The van der Waals surface area contributed by atoms with Gasteiger partial charge in [-0.05, 0) is 30.5 Å². The van der Waals surface area contributed by atoms with Crippen LogP contribution in [0.25, 0.3) is 11.3 Å². The molecule has 1 aliphatic rings. The van der Waals surface area contributed by atoms with Crippen LogP contribution in [0.5, 0.6) is 5.88 Å². The molecule has 10 heteroatoms. The molecule has 1 fully saturated rings. The maximum absolute atomic E-state index is 11.4. The van der Waals surface area contributed by atoms with Crippen LogP contribution in [-0.4, -0.2) is 49.0 Å². The van der Waals surface area contributed by atoms with E-state index in [4.69, 9.17) is 16.3 Å². The Hall–Kier alpha value is -3.33. The fraction of sp³-hybridized carbons (Fsp3) is 0.263. The number of carboxylic acid groups (broad SMARTS) is 1. The van der Waals surface area contributed by atoms with Crippen LogP contribution in [0.1, 0.15) is 19.3 Å². The van der Waals surface area contributed by atoms with Crippen molar-refractivity contribution in [3.63, 3.8) is 0 Å². The Balaban J connectivity index is 1.45. The summed E-state index contributed by atoms with van der Waals surface area (Å²) in [4.78, 5) is 20.9. The summed E-state index contributed by atoms with van der Waals surface area (Å²) >= 11 is 5.92. The maximum Gasteiger partial charge on any atom is 0.410 e. The van der Waals surface area contributed by atoms with E-state index in [1.165, 1.54) is 11.2 Å². The average molecular weight is 415 g/mol. The van der Waals surface area contributed by atoms with Gasteiger partial charge in [-0.1, -0.05) is 23.7 Å².